The van der Waals surface area contributed by atoms with Crippen molar-refractivity contribution in [2.45, 2.75) is 43.8 Å². The van der Waals surface area contributed by atoms with Crippen molar-refractivity contribution < 1.29 is 24.2 Å². The molecule has 0 spiro atoms. The molecule has 9 heteroatoms. The van der Waals surface area contributed by atoms with Crippen LogP contribution in [0.4, 0.5) is 0 Å². The van der Waals surface area contributed by atoms with Crippen molar-refractivity contribution in [3.05, 3.63) is 0 Å². The Morgan fingerprint density at radius 1 is 1.26 bits per heavy atom. The molecule has 0 aliphatic carbocycles. The van der Waals surface area contributed by atoms with Crippen molar-refractivity contribution in [1.29, 1.82) is 0 Å². The quantitative estimate of drug-likeness (QED) is 0.463. The maximum absolute atomic E-state index is 13.1. The molecular formula is C18H30N4O5. The largest absolute Gasteiger partial charge is 0.481 e. The number of carbonyl (C=O) groups is 2. The van der Waals surface area contributed by atoms with Crippen LogP contribution in [0.25, 0.3) is 0 Å². The Labute approximate surface area is 158 Å². The maximum atomic E-state index is 13.1. The average Bonchev–Trinajstić information content (AvgIpc) is 2.67. The number of nitrogens with two attached hydrogens (primary N) is 1. The van der Waals surface area contributed by atoms with Gasteiger partial charge in [0.05, 0.1) is 37.3 Å². The van der Waals surface area contributed by atoms with E-state index in [4.69, 9.17) is 15.2 Å². The highest BCUT2D eigenvalue weighted by Crippen LogP contribution is 2.37. The van der Waals surface area contributed by atoms with Crippen LogP contribution in [0.15, 0.2) is 0 Å². The number of fused-ring (bicyclic) bond motifs is 2. The number of morpholine rings is 1. The van der Waals surface area contributed by atoms with Gasteiger partial charge in [0.1, 0.15) is 12.0 Å². The molecular weight excluding hydrogens is 352 g/mol. The molecule has 0 aromatic heterocycles. The smallest absolute Gasteiger partial charge is 0.309 e. The minimum Gasteiger partial charge on any atom is -0.481 e. The highest BCUT2D eigenvalue weighted by molar-refractivity contribution is 5.86. The lowest BCUT2D eigenvalue weighted by molar-refractivity contribution is -0.180. The molecule has 9 nitrogen and oxygen atoms in total. The zero-order valence-electron chi connectivity index (χ0n) is 15.5. The van der Waals surface area contributed by atoms with Crippen molar-refractivity contribution in [3.8, 4) is 0 Å². The molecule has 0 aromatic carbocycles. The van der Waals surface area contributed by atoms with E-state index in [1.54, 1.807) is 0 Å². The topological polar surface area (TPSA) is 126 Å². The molecule has 152 valence electrons. The van der Waals surface area contributed by atoms with Gasteiger partial charge in [0.25, 0.3) is 0 Å². The first-order chi connectivity index (χ1) is 13.0. The zero-order valence-corrected chi connectivity index (χ0v) is 15.5. The summed E-state index contributed by atoms with van der Waals surface area (Å²) in [6.45, 7) is 5.15. The number of nitrogens with zero attached hydrogens (tertiary/aromatic N) is 1. The molecule has 4 saturated heterocycles. The highest BCUT2D eigenvalue weighted by atomic mass is 16.5. The molecule has 4 fully saturated rings. The summed E-state index contributed by atoms with van der Waals surface area (Å²) in [6, 6.07) is 0.285. The zero-order chi connectivity index (χ0) is 19.0. The van der Waals surface area contributed by atoms with Crippen molar-refractivity contribution in [3.63, 3.8) is 0 Å². The number of ketones is 1. The fraction of sp³-hybridized carbons (Fsp3) is 0.889. The summed E-state index contributed by atoms with van der Waals surface area (Å²) < 4.78 is 11.5. The molecule has 4 rings (SSSR count). The van der Waals surface area contributed by atoms with Crippen LogP contribution in [0, 0.1) is 17.8 Å². The lowest BCUT2D eigenvalue weighted by Crippen LogP contribution is -2.67. The van der Waals surface area contributed by atoms with Crippen LogP contribution in [0.3, 0.4) is 0 Å². The third-order valence-corrected chi connectivity index (χ3v) is 6.53. The van der Waals surface area contributed by atoms with Gasteiger partial charge in [0.2, 0.25) is 0 Å². The van der Waals surface area contributed by atoms with Crippen molar-refractivity contribution in [1.82, 2.24) is 15.5 Å². The minimum absolute atomic E-state index is 0.139. The number of carboxylic acid groups (broad SMARTS) is 1. The Balaban J connectivity index is 1.35. The first-order valence-corrected chi connectivity index (χ1v) is 10.00. The van der Waals surface area contributed by atoms with Gasteiger partial charge in [-0.15, -0.1) is 0 Å². The monoisotopic (exact) mass is 382 g/mol. The Morgan fingerprint density at radius 3 is 2.78 bits per heavy atom. The summed E-state index contributed by atoms with van der Waals surface area (Å²) in [5.74, 6) is -2.16. The number of carbonyl (C=O) groups excluding carboxylic acids is 1. The standard InChI is InChI=1S/C18H30N4O5/c19-16-13(18(24)25)8-12-15(23)11-7-10(1-2-22-3-5-26-6-4-22)20-9-14(11)27-17(12)21-16/h10-14,16-17,20-21H,1-9,19H2,(H,24,25). The third-order valence-electron chi connectivity index (χ3n) is 6.53. The number of ether oxygens (including phenoxy) is 2. The van der Waals surface area contributed by atoms with Gasteiger partial charge in [0, 0.05) is 31.6 Å². The Kier molecular flexibility index (Phi) is 5.77. The second-order valence-electron chi connectivity index (χ2n) is 8.17. The van der Waals surface area contributed by atoms with Gasteiger partial charge in [0.15, 0.2) is 0 Å². The minimum atomic E-state index is -0.961. The number of piperidine rings is 2. The summed E-state index contributed by atoms with van der Waals surface area (Å²) in [7, 11) is 0. The number of rotatable bonds is 4. The van der Waals surface area contributed by atoms with Gasteiger partial charge in [-0.2, -0.15) is 0 Å². The summed E-state index contributed by atoms with van der Waals surface area (Å²) in [4.78, 5) is 26.9. The lowest BCUT2D eigenvalue weighted by Gasteiger charge is -2.49. The van der Waals surface area contributed by atoms with Gasteiger partial charge in [-0.1, -0.05) is 0 Å². The van der Waals surface area contributed by atoms with E-state index in [0.29, 0.717) is 6.54 Å². The molecule has 7 atom stereocenters. The number of aliphatic carboxylic acids is 1. The van der Waals surface area contributed by atoms with Crippen molar-refractivity contribution >= 4 is 11.8 Å². The number of carboxylic acids is 1. The molecule has 4 aliphatic heterocycles. The molecule has 0 saturated carbocycles. The predicted molar refractivity (Wildman–Crippen MR) is 95.8 cm³/mol. The highest BCUT2D eigenvalue weighted by Gasteiger charge is 2.51. The first kappa shape index (κ1) is 19.2. The molecule has 0 aromatic rings. The van der Waals surface area contributed by atoms with Crippen LogP contribution < -0.4 is 16.4 Å². The van der Waals surface area contributed by atoms with E-state index in [9.17, 15) is 14.7 Å². The van der Waals surface area contributed by atoms with Gasteiger partial charge < -0.3 is 25.6 Å². The Hall–Kier alpha value is -1.10. The maximum Gasteiger partial charge on any atom is 0.309 e. The first-order valence-electron chi connectivity index (χ1n) is 10.00. The van der Waals surface area contributed by atoms with Crippen molar-refractivity contribution in [2.24, 2.45) is 23.5 Å². The molecule has 0 radical (unpaired) electrons. The third kappa shape index (κ3) is 4.03. The fourth-order valence-electron chi connectivity index (χ4n) is 4.88. The molecule has 7 unspecified atom stereocenters. The van der Waals surface area contributed by atoms with E-state index in [-0.39, 0.29) is 30.3 Å². The SMILES string of the molecule is NC1NC2OC3CNC(CCN4CCOCC4)CC3C(=O)C2CC1C(=O)O. The fourth-order valence-corrected chi connectivity index (χ4v) is 4.88. The summed E-state index contributed by atoms with van der Waals surface area (Å²) >= 11 is 0. The van der Waals surface area contributed by atoms with Gasteiger partial charge in [-0.25, -0.2) is 0 Å². The molecule has 27 heavy (non-hydrogen) atoms. The van der Waals surface area contributed by atoms with Gasteiger partial charge >= 0.3 is 5.97 Å². The number of hydrogen-bond donors (Lipinski definition) is 4. The Morgan fingerprint density at radius 2 is 2.04 bits per heavy atom. The normalized spacial score (nSPS) is 43.0. The van der Waals surface area contributed by atoms with Gasteiger partial charge in [-0.05, 0) is 25.8 Å². The van der Waals surface area contributed by atoms with E-state index in [2.05, 4.69) is 15.5 Å². The van der Waals surface area contributed by atoms with Gasteiger partial charge in [-0.3, -0.25) is 19.8 Å². The van der Waals surface area contributed by atoms with E-state index in [0.717, 1.165) is 45.7 Å². The molecule has 0 bridgehead atoms. The molecule has 0 amide bonds. The summed E-state index contributed by atoms with van der Waals surface area (Å²) in [6.07, 6.45) is 0.662. The van der Waals surface area contributed by atoms with Crippen LogP contribution in [0.1, 0.15) is 19.3 Å². The van der Waals surface area contributed by atoms with Crippen LogP contribution in [0.5, 0.6) is 0 Å². The number of nitrogens with one attached hydrogen (secondary N) is 2. The van der Waals surface area contributed by atoms with E-state index < -0.39 is 30.2 Å². The van der Waals surface area contributed by atoms with E-state index in [1.165, 1.54) is 0 Å². The van der Waals surface area contributed by atoms with Crippen molar-refractivity contribution in [2.75, 3.05) is 39.4 Å². The number of hydrogen-bond acceptors (Lipinski definition) is 8. The summed E-state index contributed by atoms with van der Waals surface area (Å²) in [5, 5.41) is 15.9. The second-order valence-corrected chi connectivity index (χ2v) is 8.17. The van der Waals surface area contributed by atoms with Crippen LogP contribution in [0.2, 0.25) is 0 Å². The lowest BCUT2D eigenvalue weighted by atomic mass is 9.73. The molecule has 5 N–H and O–H groups in total. The molecule has 4 heterocycles. The average molecular weight is 382 g/mol. The Bertz CT molecular complexity index is 570. The summed E-state index contributed by atoms with van der Waals surface area (Å²) in [5.41, 5.74) is 5.92. The molecule has 4 aliphatic rings. The van der Waals surface area contributed by atoms with Crippen LogP contribution >= 0.6 is 0 Å². The van der Waals surface area contributed by atoms with E-state index >= 15 is 0 Å². The van der Waals surface area contributed by atoms with E-state index in [1.807, 2.05) is 0 Å². The van der Waals surface area contributed by atoms with Crippen LogP contribution in [-0.4, -0.2) is 85.7 Å². The predicted octanol–water partition coefficient (Wildman–Crippen LogP) is -1.42. The number of Topliss-reactive ketones (excluding diaryl/α,β-unsaturated/α-hetero) is 1. The van der Waals surface area contributed by atoms with Crippen LogP contribution in [-0.2, 0) is 19.1 Å². The second kappa shape index (κ2) is 8.10.